The molecule has 1 atom stereocenters. The van der Waals surface area contributed by atoms with Gasteiger partial charge in [0.05, 0.1) is 0 Å². The van der Waals surface area contributed by atoms with Crippen molar-refractivity contribution in [1.82, 2.24) is 10.6 Å². The minimum Gasteiger partial charge on any atom is -0.508 e. The van der Waals surface area contributed by atoms with Crippen molar-refractivity contribution in [1.29, 1.82) is 0 Å². The number of amides is 1. The van der Waals surface area contributed by atoms with Crippen LogP contribution in [0.1, 0.15) is 46.6 Å². The number of phenols is 1. The fourth-order valence-electron chi connectivity index (χ4n) is 2.28. The number of phenolic OH excluding ortho intramolecular Hbond substituents is 1. The zero-order valence-electron chi connectivity index (χ0n) is 15.6. The van der Waals surface area contributed by atoms with Crippen LogP contribution >= 0.6 is 0 Å². The van der Waals surface area contributed by atoms with Gasteiger partial charge < -0.3 is 20.5 Å². The van der Waals surface area contributed by atoms with Crippen LogP contribution in [0.5, 0.6) is 5.75 Å². The first kappa shape index (κ1) is 20.3. The van der Waals surface area contributed by atoms with E-state index < -0.39 is 11.7 Å². The van der Waals surface area contributed by atoms with Gasteiger partial charge in [-0.1, -0.05) is 26.0 Å². The molecule has 0 spiro atoms. The number of carbonyl (C=O) groups is 1. The third kappa shape index (κ3) is 9.40. The van der Waals surface area contributed by atoms with E-state index in [1.807, 2.05) is 32.9 Å². The van der Waals surface area contributed by atoms with Crippen LogP contribution in [0.4, 0.5) is 4.79 Å². The van der Waals surface area contributed by atoms with Gasteiger partial charge in [-0.3, -0.25) is 0 Å². The molecule has 1 amide bonds. The van der Waals surface area contributed by atoms with E-state index >= 15 is 0 Å². The molecule has 136 valence electrons. The number of aromatic hydroxyl groups is 1. The lowest BCUT2D eigenvalue weighted by atomic mass is 10.0. The summed E-state index contributed by atoms with van der Waals surface area (Å²) in [6, 6.07) is 7.05. The highest BCUT2D eigenvalue weighted by atomic mass is 16.6. The Morgan fingerprint density at radius 1 is 1.21 bits per heavy atom. The van der Waals surface area contributed by atoms with E-state index in [0.29, 0.717) is 12.3 Å². The van der Waals surface area contributed by atoms with Gasteiger partial charge in [0.25, 0.3) is 0 Å². The normalized spacial score (nSPS) is 12.9. The van der Waals surface area contributed by atoms with Crippen LogP contribution in [-0.2, 0) is 11.2 Å². The number of nitrogens with one attached hydrogen (secondary N) is 2. The minimum atomic E-state index is -0.511. The highest BCUT2D eigenvalue weighted by Crippen LogP contribution is 2.13. The molecule has 0 fully saturated rings. The lowest BCUT2D eigenvalue weighted by Gasteiger charge is -2.24. The monoisotopic (exact) mass is 336 g/mol. The van der Waals surface area contributed by atoms with Crippen LogP contribution < -0.4 is 10.6 Å². The van der Waals surface area contributed by atoms with E-state index in [2.05, 4.69) is 24.5 Å². The molecule has 5 heteroatoms. The maximum atomic E-state index is 12.1. The number of benzene rings is 1. The van der Waals surface area contributed by atoms with E-state index in [4.69, 9.17) is 4.74 Å². The topological polar surface area (TPSA) is 70.6 Å². The lowest BCUT2D eigenvalue weighted by molar-refractivity contribution is 0.0501. The summed E-state index contributed by atoms with van der Waals surface area (Å²) in [4.78, 5) is 12.1. The van der Waals surface area contributed by atoms with Crippen molar-refractivity contribution in [3.8, 4) is 5.75 Å². The summed E-state index contributed by atoms with van der Waals surface area (Å²) in [7, 11) is 0. The molecule has 0 heterocycles. The zero-order valence-corrected chi connectivity index (χ0v) is 15.6. The van der Waals surface area contributed by atoms with Crippen LogP contribution in [0, 0.1) is 5.92 Å². The first-order valence-electron chi connectivity index (χ1n) is 8.64. The third-order valence-corrected chi connectivity index (χ3v) is 3.36. The van der Waals surface area contributed by atoms with Gasteiger partial charge in [0, 0.05) is 6.04 Å². The van der Waals surface area contributed by atoms with Crippen LogP contribution in [0.3, 0.4) is 0 Å². The van der Waals surface area contributed by atoms with Crippen LogP contribution in [0.2, 0.25) is 0 Å². The van der Waals surface area contributed by atoms with E-state index in [1.54, 1.807) is 12.1 Å². The molecule has 0 radical (unpaired) electrons. The van der Waals surface area contributed by atoms with Crippen molar-refractivity contribution in [3.05, 3.63) is 29.8 Å². The first-order valence-corrected chi connectivity index (χ1v) is 8.64. The van der Waals surface area contributed by atoms with Gasteiger partial charge in [-0.25, -0.2) is 4.79 Å². The molecule has 0 aliphatic carbocycles. The first-order chi connectivity index (χ1) is 11.2. The molecule has 0 saturated carbocycles. The Hall–Kier alpha value is -1.75. The van der Waals surface area contributed by atoms with Crippen molar-refractivity contribution < 1.29 is 14.6 Å². The van der Waals surface area contributed by atoms with Gasteiger partial charge in [0.15, 0.2) is 0 Å². The predicted molar refractivity (Wildman–Crippen MR) is 97.3 cm³/mol. The van der Waals surface area contributed by atoms with Crippen molar-refractivity contribution in [2.45, 2.75) is 59.1 Å². The van der Waals surface area contributed by atoms with Crippen LogP contribution in [-0.4, -0.2) is 35.9 Å². The van der Waals surface area contributed by atoms with Gasteiger partial charge in [-0.05, 0) is 70.3 Å². The molecule has 1 aromatic rings. The number of carbonyl (C=O) groups excluding carboxylic acids is 1. The molecule has 5 nitrogen and oxygen atoms in total. The average molecular weight is 336 g/mol. The standard InChI is InChI=1S/C19H32N2O3/c1-14(2)13-20-11-10-16(21-18(23)24-19(3,4)5)12-15-6-8-17(22)9-7-15/h6-9,14,16,20,22H,10-13H2,1-5H3,(H,21,23). The van der Waals surface area contributed by atoms with Crippen LogP contribution in [0.15, 0.2) is 24.3 Å². The third-order valence-electron chi connectivity index (χ3n) is 3.36. The summed E-state index contributed by atoms with van der Waals surface area (Å²) in [6.07, 6.45) is 1.12. The second-order valence-corrected chi connectivity index (χ2v) is 7.60. The summed E-state index contributed by atoms with van der Waals surface area (Å²) >= 11 is 0. The second kappa shape index (κ2) is 9.52. The number of hydrogen-bond acceptors (Lipinski definition) is 4. The second-order valence-electron chi connectivity index (χ2n) is 7.60. The molecule has 1 rings (SSSR count). The number of alkyl carbamates (subject to hydrolysis) is 1. The van der Waals surface area contributed by atoms with Crippen molar-refractivity contribution in [2.75, 3.05) is 13.1 Å². The van der Waals surface area contributed by atoms with Gasteiger partial charge in [0.1, 0.15) is 11.4 Å². The predicted octanol–water partition coefficient (Wildman–Crippen LogP) is 3.46. The Morgan fingerprint density at radius 3 is 2.38 bits per heavy atom. The molecular formula is C19H32N2O3. The molecule has 1 aromatic carbocycles. The minimum absolute atomic E-state index is 0.0240. The summed E-state index contributed by atoms with van der Waals surface area (Å²) in [6.45, 7) is 11.7. The van der Waals surface area contributed by atoms with E-state index in [1.165, 1.54) is 0 Å². The van der Waals surface area contributed by atoms with Gasteiger partial charge >= 0.3 is 6.09 Å². The zero-order chi connectivity index (χ0) is 18.2. The quantitative estimate of drug-likeness (QED) is 0.636. The number of ether oxygens (including phenoxy) is 1. The fraction of sp³-hybridized carbons (Fsp3) is 0.632. The SMILES string of the molecule is CC(C)CNCCC(Cc1ccc(O)cc1)NC(=O)OC(C)(C)C. The lowest BCUT2D eigenvalue weighted by Crippen LogP contribution is -2.41. The van der Waals surface area contributed by atoms with E-state index in [9.17, 15) is 9.90 Å². The average Bonchev–Trinajstić information content (AvgIpc) is 2.43. The molecule has 3 N–H and O–H groups in total. The molecular weight excluding hydrogens is 304 g/mol. The summed E-state index contributed by atoms with van der Waals surface area (Å²) in [5.41, 5.74) is 0.556. The molecule has 24 heavy (non-hydrogen) atoms. The highest BCUT2D eigenvalue weighted by molar-refractivity contribution is 5.68. The van der Waals surface area contributed by atoms with Gasteiger partial charge in [0.2, 0.25) is 0 Å². The Kier molecular flexibility index (Phi) is 8.05. The Labute approximate surface area is 145 Å². The Balaban J connectivity index is 2.60. The Bertz CT molecular complexity index is 492. The number of hydrogen-bond donors (Lipinski definition) is 3. The van der Waals surface area contributed by atoms with E-state index in [-0.39, 0.29) is 11.8 Å². The van der Waals surface area contributed by atoms with Crippen molar-refractivity contribution >= 4 is 6.09 Å². The summed E-state index contributed by atoms with van der Waals surface area (Å²) in [5, 5.41) is 15.8. The maximum absolute atomic E-state index is 12.1. The molecule has 0 bridgehead atoms. The summed E-state index contributed by atoms with van der Waals surface area (Å²) in [5.74, 6) is 0.841. The van der Waals surface area contributed by atoms with Crippen LogP contribution in [0.25, 0.3) is 0 Å². The van der Waals surface area contributed by atoms with E-state index in [0.717, 1.165) is 25.1 Å². The summed E-state index contributed by atoms with van der Waals surface area (Å²) < 4.78 is 5.36. The number of rotatable bonds is 8. The smallest absolute Gasteiger partial charge is 0.407 e. The molecule has 0 aliphatic rings. The molecule has 0 aromatic heterocycles. The largest absolute Gasteiger partial charge is 0.508 e. The van der Waals surface area contributed by atoms with Crippen molar-refractivity contribution in [2.24, 2.45) is 5.92 Å². The molecule has 0 saturated heterocycles. The fourth-order valence-corrected chi connectivity index (χ4v) is 2.28. The maximum Gasteiger partial charge on any atom is 0.407 e. The Morgan fingerprint density at radius 2 is 1.83 bits per heavy atom. The van der Waals surface area contributed by atoms with Gasteiger partial charge in [-0.2, -0.15) is 0 Å². The van der Waals surface area contributed by atoms with Crippen molar-refractivity contribution in [3.63, 3.8) is 0 Å². The highest BCUT2D eigenvalue weighted by Gasteiger charge is 2.19. The molecule has 1 unspecified atom stereocenters. The molecule has 0 aliphatic heterocycles. The van der Waals surface area contributed by atoms with Gasteiger partial charge in [-0.15, -0.1) is 0 Å².